The standard InChI is InChI=1S/C41H80N2O3.C14H30O/c1-4-6-19-25-40(26-20-7-5-2)31-38-46-41(45)29-23-17-13-10-12-16-22-28-39(30-32-43-35-33-42(3)34-36-43)27-21-15-11-8-9-14-18-24-37-44;1-4-6-8-10-14(12-13-15-3)11-9-7-5-2/h37,39-40H,4-36,38H2,1-3H3;14H,4-13H2,1-3H3. The van der Waals surface area contributed by atoms with Crippen molar-refractivity contribution in [3.05, 3.63) is 0 Å². The molecule has 0 radical (unpaired) electrons. The van der Waals surface area contributed by atoms with Crippen LogP contribution in [0.15, 0.2) is 0 Å². The van der Waals surface area contributed by atoms with Gasteiger partial charge in [0.05, 0.1) is 6.61 Å². The first-order valence-corrected chi connectivity index (χ1v) is 27.4. The smallest absolute Gasteiger partial charge is 0.305 e. The minimum atomic E-state index is 0.0260. The van der Waals surface area contributed by atoms with Crippen LogP contribution in [0.25, 0.3) is 0 Å². The SMILES string of the molecule is CCCCCC(CCCCC)CCOC.CCCCCC(CCCCC)CCOC(=O)CCCCCCCCCC(CCCCCCCCCC=O)CCN1CCN(C)CC1. The number of hydrogen-bond donors (Lipinski definition) is 0. The number of carbonyl (C=O) groups excluding carboxylic acids is 2. The molecule has 0 aromatic heterocycles. The largest absolute Gasteiger partial charge is 0.466 e. The first kappa shape index (κ1) is 60.0. The van der Waals surface area contributed by atoms with Crippen molar-refractivity contribution in [2.24, 2.45) is 17.8 Å². The molecule has 1 heterocycles. The number of methoxy groups -OCH3 is 1. The van der Waals surface area contributed by atoms with Crippen LogP contribution in [0.4, 0.5) is 0 Å². The summed E-state index contributed by atoms with van der Waals surface area (Å²) in [5.41, 5.74) is 0. The lowest BCUT2D eigenvalue weighted by molar-refractivity contribution is -0.144. The molecule has 0 aliphatic carbocycles. The minimum Gasteiger partial charge on any atom is -0.466 e. The summed E-state index contributed by atoms with van der Waals surface area (Å²) < 4.78 is 10.8. The quantitative estimate of drug-likeness (QED) is 0.0345. The number of carbonyl (C=O) groups is 2. The van der Waals surface area contributed by atoms with Crippen LogP contribution in [0.1, 0.15) is 265 Å². The fourth-order valence-electron chi connectivity index (χ4n) is 9.29. The van der Waals surface area contributed by atoms with Gasteiger partial charge in [0, 0.05) is 52.7 Å². The molecule has 0 aromatic carbocycles. The average molecular weight is 863 g/mol. The first-order valence-electron chi connectivity index (χ1n) is 27.4. The van der Waals surface area contributed by atoms with E-state index in [-0.39, 0.29) is 5.97 Å². The Kier molecular flexibility index (Phi) is 47.7. The fraction of sp³-hybridized carbons (Fsp3) is 0.964. The van der Waals surface area contributed by atoms with Gasteiger partial charge in [0.1, 0.15) is 6.29 Å². The van der Waals surface area contributed by atoms with E-state index in [2.05, 4.69) is 44.5 Å². The Morgan fingerprint density at radius 3 is 1.28 bits per heavy atom. The zero-order valence-electron chi connectivity index (χ0n) is 42.4. The lowest BCUT2D eigenvalue weighted by Crippen LogP contribution is -2.44. The van der Waals surface area contributed by atoms with Gasteiger partial charge in [-0.1, -0.05) is 220 Å². The number of esters is 1. The summed E-state index contributed by atoms with van der Waals surface area (Å²) in [6.07, 6.45) is 48.4. The number of aldehydes is 1. The van der Waals surface area contributed by atoms with Gasteiger partial charge in [-0.15, -0.1) is 0 Å². The highest BCUT2D eigenvalue weighted by Crippen LogP contribution is 2.25. The third-order valence-corrected chi connectivity index (χ3v) is 13.8. The van der Waals surface area contributed by atoms with Gasteiger partial charge in [0.25, 0.3) is 0 Å². The maximum atomic E-state index is 12.3. The van der Waals surface area contributed by atoms with Crippen LogP contribution >= 0.6 is 0 Å². The van der Waals surface area contributed by atoms with Crippen molar-refractivity contribution >= 4 is 12.3 Å². The molecule has 364 valence electrons. The molecule has 61 heavy (non-hydrogen) atoms. The average Bonchev–Trinajstić information content (AvgIpc) is 3.26. The van der Waals surface area contributed by atoms with Gasteiger partial charge < -0.3 is 24.1 Å². The Hall–Kier alpha value is -0.980. The summed E-state index contributed by atoms with van der Waals surface area (Å²) in [5.74, 6) is 2.57. The summed E-state index contributed by atoms with van der Waals surface area (Å²) in [7, 11) is 4.06. The van der Waals surface area contributed by atoms with Crippen molar-refractivity contribution in [2.45, 2.75) is 265 Å². The minimum absolute atomic E-state index is 0.0260. The molecule has 1 fully saturated rings. The van der Waals surface area contributed by atoms with Gasteiger partial charge in [0.2, 0.25) is 0 Å². The van der Waals surface area contributed by atoms with Gasteiger partial charge in [-0.3, -0.25) is 4.79 Å². The Bertz CT molecular complexity index is 858. The Labute approximate surface area is 383 Å². The summed E-state index contributed by atoms with van der Waals surface area (Å²) >= 11 is 0. The highest BCUT2D eigenvalue weighted by molar-refractivity contribution is 5.69. The van der Waals surface area contributed by atoms with E-state index in [9.17, 15) is 9.59 Å². The van der Waals surface area contributed by atoms with Crippen LogP contribution in [0.3, 0.4) is 0 Å². The van der Waals surface area contributed by atoms with Crippen molar-refractivity contribution in [1.82, 2.24) is 9.80 Å². The van der Waals surface area contributed by atoms with E-state index in [0.29, 0.717) is 13.0 Å². The topological polar surface area (TPSA) is 59.1 Å². The molecule has 0 aromatic rings. The molecule has 0 spiro atoms. The van der Waals surface area contributed by atoms with Crippen LogP contribution in [-0.4, -0.2) is 82.2 Å². The maximum Gasteiger partial charge on any atom is 0.305 e. The van der Waals surface area contributed by atoms with E-state index in [1.165, 1.54) is 232 Å². The summed E-state index contributed by atoms with van der Waals surface area (Å²) in [4.78, 5) is 27.9. The molecule has 1 aliphatic heterocycles. The van der Waals surface area contributed by atoms with E-state index < -0.39 is 0 Å². The molecular formula is C55H110N2O4. The van der Waals surface area contributed by atoms with Gasteiger partial charge >= 0.3 is 5.97 Å². The number of unbranched alkanes of at least 4 members (excludes halogenated alkanes) is 21. The molecule has 0 saturated carbocycles. The van der Waals surface area contributed by atoms with Crippen LogP contribution in [0.2, 0.25) is 0 Å². The third-order valence-electron chi connectivity index (χ3n) is 13.8. The van der Waals surface area contributed by atoms with Crippen molar-refractivity contribution in [3.8, 4) is 0 Å². The molecule has 1 unspecified atom stereocenters. The maximum absolute atomic E-state index is 12.3. The van der Waals surface area contributed by atoms with Crippen molar-refractivity contribution in [1.29, 1.82) is 0 Å². The first-order chi connectivity index (χ1) is 29.9. The van der Waals surface area contributed by atoms with Gasteiger partial charge in [-0.2, -0.15) is 0 Å². The zero-order chi connectivity index (χ0) is 44.7. The number of piperazine rings is 1. The summed E-state index contributed by atoms with van der Waals surface area (Å²) in [6, 6.07) is 0. The number of nitrogens with zero attached hydrogens (tertiary/aromatic N) is 2. The van der Waals surface area contributed by atoms with Crippen molar-refractivity contribution in [2.75, 3.05) is 60.1 Å². The lowest BCUT2D eigenvalue weighted by Gasteiger charge is -2.33. The van der Waals surface area contributed by atoms with Gasteiger partial charge in [-0.05, 0) is 63.5 Å². The molecule has 1 saturated heterocycles. The molecule has 1 atom stereocenters. The van der Waals surface area contributed by atoms with E-state index in [1.54, 1.807) is 0 Å². The second-order valence-corrected chi connectivity index (χ2v) is 19.5. The van der Waals surface area contributed by atoms with E-state index in [0.717, 1.165) is 62.8 Å². The molecule has 1 aliphatic rings. The number of ether oxygens (including phenoxy) is 2. The van der Waals surface area contributed by atoms with E-state index in [1.807, 2.05) is 7.11 Å². The zero-order valence-corrected chi connectivity index (χ0v) is 42.4. The molecule has 6 heteroatoms. The predicted octanol–water partition coefficient (Wildman–Crippen LogP) is 16.0. The Balaban J connectivity index is 0.00000202. The number of rotatable bonds is 45. The Morgan fingerprint density at radius 2 is 0.852 bits per heavy atom. The monoisotopic (exact) mass is 863 g/mol. The second-order valence-electron chi connectivity index (χ2n) is 19.5. The summed E-state index contributed by atoms with van der Waals surface area (Å²) in [6.45, 7) is 16.9. The Morgan fingerprint density at radius 1 is 0.475 bits per heavy atom. The van der Waals surface area contributed by atoms with Crippen LogP contribution < -0.4 is 0 Å². The number of likely N-dealkylation sites (N-methyl/N-ethyl adjacent to an activating group) is 1. The van der Waals surface area contributed by atoms with Gasteiger partial charge in [-0.25, -0.2) is 0 Å². The molecular weight excluding hydrogens is 753 g/mol. The van der Waals surface area contributed by atoms with Crippen LogP contribution in [0.5, 0.6) is 0 Å². The normalized spacial score (nSPS) is 14.1. The van der Waals surface area contributed by atoms with Crippen molar-refractivity contribution in [3.63, 3.8) is 0 Å². The van der Waals surface area contributed by atoms with E-state index >= 15 is 0 Å². The summed E-state index contributed by atoms with van der Waals surface area (Å²) in [5, 5.41) is 0. The molecule has 0 N–H and O–H groups in total. The fourth-order valence-corrected chi connectivity index (χ4v) is 9.29. The molecule has 1 rings (SSSR count). The molecule has 0 amide bonds. The highest BCUT2D eigenvalue weighted by Gasteiger charge is 2.16. The van der Waals surface area contributed by atoms with Gasteiger partial charge in [0.15, 0.2) is 0 Å². The highest BCUT2D eigenvalue weighted by atomic mass is 16.5. The van der Waals surface area contributed by atoms with Crippen LogP contribution in [0, 0.1) is 17.8 Å². The van der Waals surface area contributed by atoms with Crippen molar-refractivity contribution < 1.29 is 19.1 Å². The second kappa shape index (κ2) is 48.5. The number of hydrogen-bond acceptors (Lipinski definition) is 6. The van der Waals surface area contributed by atoms with E-state index in [4.69, 9.17) is 9.47 Å². The molecule has 0 bridgehead atoms. The third kappa shape index (κ3) is 42.7. The predicted molar refractivity (Wildman–Crippen MR) is 267 cm³/mol. The molecule has 6 nitrogen and oxygen atoms in total. The lowest BCUT2D eigenvalue weighted by atomic mass is 9.91. The van der Waals surface area contributed by atoms with Crippen LogP contribution in [-0.2, 0) is 19.1 Å².